The normalized spacial score (nSPS) is 32.0. The third-order valence-electron chi connectivity index (χ3n) is 7.19. The molecule has 1 heterocycles. The highest BCUT2D eigenvalue weighted by Gasteiger charge is 2.60. The monoisotopic (exact) mass is 470 g/mol. The summed E-state index contributed by atoms with van der Waals surface area (Å²) in [5.74, 6) is -5.92. The minimum absolute atomic E-state index is 0.0902. The molecule has 0 aromatic heterocycles. The molecule has 0 spiro atoms. The number of amides is 2. The number of aliphatic hydroxyl groups excluding tert-OH is 2. The molecule has 1 saturated heterocycles. The minimum atomic E-state index is -1.25. The van der Waals surface area contributed by atoms with Gasteiger partial charge < -0.3 is 15.1 Å². The zero-order valence-corrected chi connectivity index (χ0v) is 18.2. The SMILES string of the molecule is O=C1[C@H]2[C@@H]3[C@@H](O)[C@H](O)CC(=NOCc4ccccc4)[C@@H]3CC[C@H]2C(=O)N1c1ccc(F)cc1F. The maximum absolute atomic E-state index is 14.4. The van der Waals surface area contributed by atoms with Gasteiger partial charge in [0.15, 0.2) is 0 Å². The van der Waals surface area contributed by atoms with Crippen molar-refractivity contribution in [1.82, 2.24) is 0 Å². The molecular weight excluding hydrogens is 446 g/mol. The molecule has 2 aliphatic carbocycles. The summed E-state index contributed by atoms with van der Waals surface area (Å²) in [5.41, 5.74) is 1.13. The Hall–Kier alpha value is -3.17. The fraction of sp³-hybridized carbons (Fsp3) is 0.400. The second-order valence-electron chi connectivity index (χ2n) is 9.10. The van der Waals surface area contributed by atoms with E-state index in [0.717, 1.165) is 22.6 Å². The zero-order chi connectivity index (χ0) is 24.0. The topological polar surface area (TPSA) is 99.4 Å². The number of nitrogens with zero attached hydrogens (tertiary/aromatic N) is 2. The lowest BCUT2D eigenvalue weighted by Crippen LogP contribution is -2.54. The molecule has 3 aliphatic rings. The van der Waals surface area contributed by atoms with Crippen molar-refractivity contribution in [1.29, 1.82) is 0 Å². The molecule has 9 heteroatoms. The summed E-state index contributed by atoms with van der Waals surface area (Å²) in [6.07, 6.45) is -1.54. The van der Waals surface area contributed by atoms with Crippen LogP contribution < -0.4 is 4.90 Å². The van der Waals surface area contributed by atoms with Crippen molar-refractivity contribution in [2.24, 2.45) is 28.8 Å². The van der Waals surface area contributed by atoms with Crippen LogP contribution in [0.4, 0.5) is 14.5 Å². The number of aliphatic hydroxyl groups is 2. The smallest absolute Gasteiger partial charge is 0.238 e. The van der Waals surface area contributed by atoms with Gasteiger partial charge in [-0.3, -0.25) is 9.59 Å². The van der Waals surface area contributed by atoms with E-state index in [-0.39, 0.29) is 24.6 Å². The number of carbonyl (C=O) groups is 2. The molecule has 178 valence electrons. The number of benzene rings is 2. The summed E-state index contributed by atoms with van der Waals surface area (Å²) < 4.78 is 27.8. The van der Waals surface area contributed by atoms with E-state index in [0.29, 0.717) is 24.6 Å². The molecule has 2 saturated carbocycles. The molecule has 3 fully saturated rings. The summed E-state index contributed by atoms with van der Waals surface area (Å²) in [5, 5.41) is 25.6. The lowest BCUT2D eigenvalue weighted by atomic mass is 9.60. The lowest BCUT2D eigenvalue weighted by molar-refractivity contribution is -0.132. The van der Waals surface area contributed by atoms with E-state index in [1.54, 1.807) is 0 Å². The van der Waals surface area contributed by atoms with Gasteiger partial charge in [-0.15, -0.1) is 0 Å². The quantitative estimate of drug-likeness (QED) is 0.529. The van der Waals surface area contributed by atoms with Gasteiger partial charge >= 0.3 is 0 Å². The summed E-state index contributed by atoms with van der Waals surface area (Å²) in [6.45, 7) is 0.224. The third-order valence-corrected chi connectivity index (χ3v) is 7.19. The maximum Gasteiger partial charge on any atom is 0.238 e. The predicted molar refractivity (Wildman–Crippen MR) is 117 cm³/mol. The fourth-order valence-electron chi connectivity index (χ4n) is 5.64. The Kier molecular flexibility index (Phi) is 5.91. The summed E-state index contributed by atoms with van der Waals surface area (Å²) in [4.78, 5) is 32.8. The first-order chi connectivity index (χ1) is 16.4. The molecule has 6 atom stereocenters. The van der Waals surface area contributed by atoms with Crippen LogP contribution in [-0.2, 0) is 21.0 Å². The molecule has 2 aromatic rings. The number of carbonyl (C=O) groups excluding carboxylic acids is 2. The Bertz CT molecular complexity index is 1140. The standard InChI is InChI=1S/C25H24F2N2O5/c26-14-6-9-19(17(27)10-14)29-24(32)16-8-7-15-18(28-34-12-13-4-2-1-3-5-13)11-20(30)23(31)21(15)22(16)25(29)33/h1-6,9-10,15-16,20-23,30-31H,7-8,11-12H2/t15-,16+,20+,21+,22+,23-/m0/s1. The van der Waals surface area contributed by atoms with Gasteiger partial charge in [-0.05, 0) is 30.5 Å². The van der Waals surface area contributed by atoms with E-state index in [4.69, 9.17) is 4.84 Å². The highest BCUT2D eigenvalue weighted by Crippen LogP contribution is 2.50. The van der Waals surface area contributed by atoms with Crippen molar-refractivity contribution >= 4 is 23.2 Å². The van der Waals surface area contributed by atoms with Gasteiger partial charge in [0, 0.05) is 24.3 Å². The van der Waals surface area contributed by atoms with Crippen LogP contribution >= 0.6 is 0 Å². The number of imide groups is 1. The van der Waals surface area contributed by atoms with Crippen LogP contribution in [0.15, 0.2) is 53.7 Å². The molecule has 2 amide bonds. The van der Waals surface area contributed by atoms with Crippen LogP contribution in [-0.4, -0.2) is 39.9 Å². The number of fused-ring (bicyclic) bond motifs is 3. The molecule has 34 heavy (non-hydrogen) atoms. The van der Waals surface area contributed by atoms with Gasteiger partial charge in [0.25, 0.3) is 0 Å². The number of rotatable bonds is 4. The van der Waals surface area contributed by atoms with Crippen molar-refractivity contribution < 1.29 is 33.4 Å². The summed E-state index contributed by atoms with van der Waals surface area (Å²) in [7, 11) is 0. The third kappa shape index (κ3) is 3.78. The van der Waals surface area contributed by atoms with Crippen molar-refractivity contribution in [3.63, 3.8) is 0 Å². The van der Waals surface area contributed by atoms with Crippen LogP contribution in [0, 0.1) is 35.3 Å². The number of anilines is 1. The van der Waals surface area contributed by atoms with E-state index in [9.17, 15) is 28.6 Å². The van der Waals surface area contributed by atoms with E-state index in [1.807, 2.05) is 30.3 Å². The maximum atomic E-state index is 14.4. The number of halogens is 2. The van der Waals surface area contributed by atoms with Gasteiger partial charge in [-0.2, -0.15) is 0 Å². The first kappa shape index (κ1) is 22.6. The molecule has 7 nitrogen and oxygen atoms in total. The minimum Gasteiger partial charge on any atom is -0.391 e. The van der Waals surface area contributed by atoms with E-state index >= 15 is 0 Å². The molecule has 5 rings (SSSR count). The van der Waals surface area contributed by atoms with Crippen LogP contribution in [0.5, 0.6) is 0 Å². The molecule has 2 aromatic carbocycles. The van der Waals surface area contributed by atoms with E-state index < -0.39 is 53.4 Å². The molecular formula is C25H24F2N2O5. The van der Waals surface area contributed by atoms with E-state index in [1.165, 1.54) is 0 Å². The van der Waals surface area contributed by atoms with Crippen LogP contribution in [0.3, 0.4) is 0 Å². The average Bonchev–Trinajstić information content (AvgIpc) is 3.07. The average molecular weight is 470 g/mol. The van der Waals surface area contributed by atoms with Crippen LogP contribution in [0.2, 0.25) is 0 Å². The van der Waals surface area contributed by atoms with Crippen molar-refractivity contribution in [3.8, 4) is 0 Å². The van der Waals surface area contributed by atoms with Crippen molar-refractivity contribution in [3.05, 3.63) is 65.7 Å². The van der Waals surface area contributed by atoms with Gasteiger partial charge in [0.1, 0.15) is 18.2 Å². The van der Waals surface area contributed by atoms with Gasteiger partial charge in [-0.1, -0.05) is 35.5 Å². The molecule has 0 radical (unpaired) electrons. The first-order valence-corrected chi connectivity index (χ1v) is 11.3. The highest BCUT2D eigenvalue weighted by molar-refractivity contribution is 6.22. The Morgan fingerprint density at radius 1 is 1.00 bits per heavy atom. The van der Waals surface area contributed by atoms with Crippen LogP contribution in [0.1, 0.15) is 24.8 Å². The summed E-state index contributed by atoms with van der Waals surface area (Å²) >= 11 is 0. The fourth-order valence-corrected chi connectivity index (χ4v) is 5.64. The largest absolute Gasteiger partial charge is 0.391 e. The highest BCUT2D eigenvalue weighted by atomic mass is 19.1. The van der Waals surface area contributed by atoms with Gasteiger partial charge in [-0.25, -0.2) is 13.7 Å². The molecule has 2 N–H and O–H groups in total. The second-order valence-corrected chi connectivity index (χ2v) is 9.10. The van der Waals surface area contributed by atoms with Crippen molar-refractivity contribution in [2.45, 2.75) is 38.1 Å². The Morgan fingerprint density at radius 2 is 1.74 bits per heavy atom. The summed E-state index contributed by atoms with van der Waals surface area (Å²) in [6, 6.07) is 12.1. The van der Waals surface area contributed by atoms with Gasteiger partial charge in [0.05, 0.1) is 35.4 Å². The number of hydrogen-bond acceptors (Lipinski definition) is 6. The zero-order valence-electron chi connectivity index (χ0n) is 18.2. The van der Waals surface area contributed by atoms with E-state index in [2.05, 4.69) is 5.16 Å². The Balaban J connectivity index is 1.42. The Morgan fingerprint density at radius 3 is 2.47 bits per heavy atom. The predicted octanol–water partition coefficient (Wildman–Crippen LogP) is 2.79. The molecule has 0 bridgehead atoms. The molecule has 0 unspecified atom stereocenters. The first-order valence-electron chi connectivity index (χ1n) is 11.3. The van der Waals surface area contributed by atoms with Crippen LogP contribution in [0.25, 0.3) is 0 Å². The molecule has 1 aliphatic heterocycles. The Labute approximate surface area is 194 Å². The second kappa shape index (κ2) is 8.88. The number of hydrogen-bond donors (Lipinski definition) is 2. The number of oxime groups is 1. The van der Waals surface area contributed by atoms with Crippen molar-refractivity contribution in [2.75, 3.05) is 4.90 Å². The lowest BCUT2D eigenvalue weighted by Gasteiger charge is -2.45. The van der Waals surface area contributed by atoms with Gasteiger partial charge in [0.2, 0.25) is 11.8 Å².